The van der Waals surface area contributed by atoms with Crippen LogP contribution in [0, 0.1) is 0 Å². The maximum atomic E-state index is 12.5. The number of aromatic nitrogens is 2. The predicted molar refractivity (Wildman–Crippen MR) is 86.1 cm³/mol. The third-order valence-electron chi connectivity index (χ3n) is 4.25. The second-order valence-electron chi connectivity index (χ2n) is 5.58. The number of carbonyl (C=O) groups is 1. The van der Waals surface area contributed by atoms with Gasteiger partial charge in [-0.15, -0.1) is 0 Å². The molecule has 0 bridgehead atoms. The number of likely N-dealkylation sites (N-methyl/N-ethyl adjacent to an activating group) is 1. The first-order valence-corrected chi connectivity index (χ1v) is 7.77. The number of amides is 1. The highest BCUT2D eigenvalue weighted by molar-refractivity contribution is 6.30. The van der Waals surface area contributed by atoms with Gasteiger partial charge in [-0.2, -0.15) is 0 Å². The molecule has 2 atom stereocenters. The Morgan fingerprint density at radius 3 is 3.05 bits per heavy atom. The Morgan fingerprint density at radius 2 is 2.32 bits per heavy atom. The molecule has 1 amide bonds. The number of aromatic amines is 1. The summed E-state index contributed by atoms with van der Waals surface area (Å²) in [5.41, 5.74) is 1.18. The molecule has 1 saturated heterocycles. The van der Waals surface area contributed by atoms with Crippen molar-refractivity contribution in [1.29, 1.82) is 0 Å². The number of piperidine rings is 1. The molecule has 6 heteroatoms. The van der Waals surface area contributed by atoms with Gasteiger partial charge < -0.3 is 15.2 Å². The summed E-state index contributed by atoms with van der Waals surface area (Å²) in [6, 6.07) is 7.99. The minimum absolute atomic E-state index is 0.0739. The van der Waals surface area contributed by atoms with Crippen molar-refractivity contribution in [2.45, 2.75) is 18.4 Å². The van der Waals surface area contributed by atoms with Crippen molar-refractivity contribution in [3.63, 3.8) is 0 Å². The van der Waals surface area contributed by atoms with E-state index in [4.69, 9.17) is 11.6 Å². The van der Waals surface area contributed by atoms with Gasteiger partial charge in [-0.05, 0) is 30.7 Å². The van der Waals surface area contributed by atoms with Gasteiger partial charge in [0.05, 0.1) is 6.04 Å². The first kappa shape index (κ1) is 15.1. The lowest BCUT2D eigenvalue weighted by Crippen LogP contribution is -2.51. The minimum Gasteiger partial charge on any atom is -0.341 e. The molecule has 1 fully saturated rings. The monoisotopic (exact) mass is 318 g/mol. The van der Waals surface area contributed by atoms with E-state index in [1.807, 2.05) is 25.2 Å². The Kier molecular flexibility index (Phi) is 4.45. The Hall–Kier alpha value is -1.85. The van der Waals surface area contributed by atoms with Crippen molar-refractivity contribution in [1.82, 2.24) is 20.2 Å². The molecule has 22 heavy (non-hydrogen) atoms. The van der Waals surface area contributed by atoms with Crippen LogP contribution in [0.1, 0.15) is 28.5 Å². The highest BCUT2D eigenvalue weighted by Crippen LogP contribution is 2.30. The van der Waals surface area contributed by atoms with Crippen LogP contribution in [0.2, 0.25) is 5.02 Å². The SMILES string of the molecule is CN(C(=O)c1ncc[nH]1)[C@@H]1CNCC[C@H]1c1cccc(Cl)c1. The molecule has 0 radical (unpaired) electrons. The summed E-state index contributed by atoms with van der Waals surface area (Å²) in [4.78, 5) is 21.2. The lowest BCUT2D eigenvalue weighted by molar-refractivity contribution is 0.0673. The van der Waals surface area contributed by atoms with Gasteiger partial charge >= 0.3 is 0 Å². The first-order valence-electron chi connectivity index (χ1n) is 7.39. The van der Waals surface area contributed by atoms with Gasteiger partial charge in [-0.3, -0.25) is 4.79 Å². The van der Waals surface area contributed by atoms with Crippen LogP contribution in [0.25, 0.3) is 0 Å². The van der Waals surface area contributed by atoms with Crippen LogP contribution in [0.4, 0.5) is 0 Å². The first-order chi connectivity index (χ1) is 10.7. The number of carbonyl (C=O) groups excluding carboxylic acids is 1. The molecule has 2 heterocycles. The molecular formula is C16H19ClN4O. The van der Waals surface area contributed by atoms with Gasteiger partial charge in [0, 0.05) is 36.9 Å². The summed E-state index contributed by atoms with van der Waals surface area (Å²) < 4.78 is 0. The summed E-state index contributed by atoms with van der Waals surface area (Å²) in [6.45, 7) is 1.70. The van der Waals surface area contributed by atoms with E-state index >= 15 is 0 Å². The van der Waals surface area contributed by atoms with Gasteiger partial charge in [0.15, 0.2) is 5.82 Å². The maximum Gasteiger partial charge on any atom is 0.289 e. The number of H-pyrrole nitrogens is 1. The van der Waals surface area contributed by atoms with Crippen molar-refractivity contribution in [3.8, 4) is 0 Å². The highest BCUT2D eigenvalue weighted by atomic mass is 35.5. The number of halogens is 1. The van der Waals surface area contributed by atoms with Crippen LogP contribution >= 0.6 is 11.6 Å². The number of nitrogens with one attached hydrogen (secondary N) is 2. The number of benzene rings is 1. The van der Waals surface area contributed by atoms with Crippen molar-refractivity contribution in [3.05, 3.63) is 53.1 Å². The average Bonchev–Trinajstić information content (AvgIpc) is 3.08. The van der Waals surface area contributed by atoms with Crippen LogP contribution in [-0.2, 0) is 0 Å². The number of imidazole rings is 1. The standard InChI is InChI=1S/C16H19ClN4O/c1-21(16(22)15-19-7-8-20-15)14-10-18-6-5-13(14)11-3-2-4-12(17)9-11/h2-4,7-9,13-14,18H,5-6,10H2,1H3,(H,19,20)/t13-,14+/m0/s1. The molecule has 1 aliphatic rings. The fourth-order valence-corrected chi connectivity index (χ4v) is 3.27. The summed E-state index contributed by atoms with van der Waals surface area (Å²) in [5, 5.41) is 4.10. The molecule has 0 unspecified atom stereocenters. The second-order valence-corrected chi connectivity index (χ2v) is 6.01. The Balaban J connectivity index is 1.84. The Morgan fingerprint density at radius 1 is 1.45 bits per heavy atom. The lowest BCUT2D eigenvalue weighted by atomic mass is 9.85. The van der Waals surface area contributed by atoms with E-state index in [0.29, 0.717) is 5.82 Å². The van der Waals surface area contributed by atoms with Crippen molar-refractivity contribution in [2.75, 3.05) is 20.1 Å². The van der Waals surface area contributed by atoms with E-state index in [1.54, 1.807) is 17.3 Å². The molecule has 2 aromatic rings. The maximum absolute atomic E-state index is 12.5. The molecule has 0 saturated carbocycles. The van der Waals surface area contributed by atoms with Gasteiger partial charge in [-0.1, -0.05) is 23.7 Å². The number of rotatable bonds is 3. The fourth-order valence-electron chi connectivity index (χ4n) is 3.07. The van der Waals surface area contributed by atoms with Crippen molar-refractivity contribution < 1.29 is 4.79 Å². The molecule has 0 aliphatic carbocycles. The van der Waals surface area contributed by atoms with E-state index in [-0.39, 0.29) is 17.9 Å². The molecule has 1 aromatic carbocycles. The quantitative estimate of drug-likeness (QED) is 0.912. The van der Waals surface area contributed by atoms with Crippen LogP contribution in [0.3, 0.4) is 0 Å². The third-order valence-corrected chi connectivity index (χ3v) is 4.48. The van der Waals surface area contributed by atoms with Gasteiger partial charge in [0.1, 0.15) is 0 Å². The van der Waals surface area contributed by atoms with E-state index in [9.17, 15) is 4.79 Å². The molecule has 5 nitrogen and oxygen atoms in total. The van der Waals surface area contributed by atoms with E-state index in [1.165, 1.54) is 5.56 Å². The second kappa shape index (κ2) is 6.50. The van der Waals surface area contributed by atoms with Crippen molar-refractivity contribution in [2.24, 2.45) is 0 Å². The van der Waals surface area contributed by atoms with Gasteiger partial charge in [-0.25, -0.2) is 4.98 Å². The van der Waals surface area contributed by atoms with E-state index in [0.717, 1.165) is 24.5 Å². The summed E-state index contributed by atoms with van der Waals surface area (Å²) >= 11 is 6.12. The minimum atomic E-state index is -0.0919. The van der Waals surface area contributed by atoms with Crippen LogP contribution in [0.5, 0.6) is 0 Å². The third kappa shape index (κ3) is 3.00. The van der Waals surface area contributed by atoms with E-state index in [2.05, 4.69) is 21.4 Å². The van der Waals surface area contributed by atoms with Crippen molar-refractivity contribution >= 4 is 17.5 Å². The average molecular weight is 319 g/mol. The lowest BCUT2D eigenvalue weighted by Gasteiger charge is -2.38. The molecular weight excluding hydrogens is 300 g/mol. The Bertz CT molecular complexity index is 643. The van der Waals surface area contributed by atoms with Crippen LogP contribution < -0.4 is 5.32 Å². The normalized spacial score (nSPS) is 21.5. The van der Waals surface area contributed by atoms with Crippen LogP contribution in [0.15, 0.2) is 36.7 Å². The Labute approximate surface area is 134 Å². The number of hydrogen-bond acceptors (Lipinski definition) is 3. The molecule has 116 valence electrons. The topological polar surface area (TPSA) is 61.0 Å². The van der Waals surface area contributed by atoms with Gasteiger partial charge in [0.2, 0.25) is 0 Å². The zero-order valence-electron chi connectivity index (χ0n) is 12.4. The molecule has 3 rings (SSSR count). The van der Waals surface area contributed by atoms with Crippen LogP contribution in [-0.4, -0.2) is 47.0 Å². The predicted octanol–water partition coefficient (Wildman–Crippen LogP) is 2.28. The molecule has 1 aromatic heterocycles. The number of nitrogens with zero attached hydrogens (tertiary/aromatic N) is 2. The molecule has 2 N–H and O–H groups in total. The highest BCUT2D eigenvalue weighted by Gasteiger charge is 2.32. The summed E-state index contributed by atoms with van der Waals surface area (Å²) in [7, 11) is 1.83. The molecule has 1 aliphatic heterocycles. The smallest absolute Gasteiger partial charge is 0.289 e. The van der Waals surface area contributed by atoms with E-state index < -0.39 is 0 Å². The zero-order valence-corrected chi connectivity index (χ0v) is 13.2. The zero-order chi connectivity index (χ0) is 15.5. The van der Waals surface area contributed by atoms with Gasteiger partial charge in [0.25, 0.3) is 5.91 Å². The number of hydrogen-bond donors (Lipinski definition) is 2. The molecule has 0 spiro atoms. The summed E-state index contributed by atoms with van der Waals surface area (Å²) in [5.74, 6) is 0.549. The largest absolute Gasteiger partial charge is 0.341 e. The fraction of sp³-hybridized carbons (Fsp3) is 0.375. The summed E-state index contributed by atoms with van der Waals surface area (Å²) in [6.07, 6.45) is 4.23.